The molecule has 0 saturated heterocycles. The summed E-state index contributed by atoms with van der Waals surface area (Å²) in [5.41, 5.74) is 5.77. The number of carbonyl (C=O) groups excluding carboxylic acids is 1. The Morgan fingerprint density at radius 2 is 2.05 bits per heavy atom. The van der Waals surface area contributed by atoms with Gasteiger partial charge in [-0.3, -0.25) is 4.79 Å². The number of hydrogen-bond acceptors (Lipinski definition) is 4. The van der Waals surface area contributed by atoms with Crippen molar-refractivity contribution in [2.45, 2.75) is 51.1 Å². The molecule has 5 unspecified atom stereocenters. The summed E-state index contributed by atoms with van der Waals surface area (Å²) in [4.78, 5) is 12.0. The van der Waals surface area contributed by atoms with Gasteiger partial charge < -0.3 is 11.1 Å². The van der Waals surface area contributed by atoms with Crippen LogP contribution in [0.5, 0.6) is 0 Å². The lowest BCUT2D eigenvalue weighted by atomic mass is 9.84. The summed E-state index contributed by atoms with van der Waals surface area (Å²) in [6.07, 6.45) is 6.50. The first-order valence-electron chi connectivity index (χ1n) is 7.50. The third-order valence-corrected chi connectivity index (χ3v) is 5.92. The van der Waals surface area contributed by atoms with Crippen LogP contribution in [-0.2, 0) is 14.6 Å². The van der Waals surface area contributed by atoms with Crippen molar-refractivity contribution in [3.63, 3.8) is 0 Å². The van der Waals surface area contributed by atoms with Gasteiger partial charge in [0.15, 0.2) is 0 Å². The van der Waals surface area contributed by atoms with E-state index in [-0.39, 0.29) is 24.1 Å². The normalized spacial score (nSPS) is 32.0. The maximum atomic E-state index is 12.0. The third-order valence-electron chi connectivity index (χ3n) is 4.94. The average Bonchev–Trinajstić information content (AvgIpc) is 2.96. The molecule has 2 rings (SSSR count). The lowest BCUT2D eigenvalue weighted by Crippen LogP contribution is -2.48. The van der Waals surface area contributed by atoms with Gasteiger partial charge in [-0.25, -0.2) is 8.42 Å². The van der Waals surface area contributed by atoms with Crippen LogP contribution in [-0.4, -0.2) is 38.4 Å². The van der Waals surface area contributed by atoms with Crippen molar-refractivity contribution in [2.75, 3.05) is 12.0 Å². The second-order valence-electron chi connectivity index (χ2n) is 6.66. The van der Waals surface area contributed by atoms with E-state index in [1.165, 1.54) is 25.7 Å². The topological polar surface area (TPSA) is 89.3 Å². The molecule has 2 fully saturated rings. The SMILES string of the molecule is CC(NC(=O)C(N)CCS(C)(=O)=O)C1CC2CCC1C2. The molecule has 0 aromatic rings. The van der Waals surface area contributed by atoms with E-state index in [1.807, 2.05) is 6.92 Å². The Bertz CT molecular complexity index is 463. The second-order valence-corrected chi connectivity index (χ2v) is 8.92. The fourth-order valence-electron chi connectivity index (χ4n) is 3.82. The highest BCUT2D eigenvalue weighted by Gasteiger charge is 2.42. The molecule has 116 valence electrons. The summed E-state index contributed by atoms with van der Waals surface area (Å²) in [6, 6.07) is -0.590. The van der Waals surface area contributed by atoms with Gasteiger partial charge in [0, 0.05) is 12.3 Å². The molecule has 3 N–H and O–H groups in total. The number of carbonyl (C=O) groups is 1. The van der Waals surface area contributed by atoms with Crippen LogP contribution in [0.15, 0.2) is 0 Å². The molecule has 0 spiro atoms. The van der Waals surface area contributed by atoms with Crippen LogP contribution in [0.1, 0.15) is 39.0 Å². The molecule has 2 saturated carbocycles. The Balaban J connectivity index is 1.78. The molecule has 2 bridgehead atoms. The van der Waals surface area contributed by atoms with Crippen LogP contribution >= 0.6 is 0 Å². The Morgan fingerprint density at radius 3 is 2.55 bits per heavy atom. The first-order valence-corrected chi connectivity index (χ1v) is 9.56. The molecule has 0 radical (unpaired) electrons. The lowest BCUT2D eigenvalue weighted by Gasteiger charge is -2.29. The Kier molecular flexibility index (Phi) is 4.74. The van der Waals surface area contributed by atoms with Crippen LogP contribution in [0.2, 0.25) is 0 Å². The molecule has 20 heavy (non-hydrogen) atoms. The van der Waals surface area contributed by atoms with Crippen molar-refractivity contribution >= 4 is 15.7 Å². The maximum Gasteiger partial charge on any atom is 0.237 e. The lowest BCUT2D eigenvalue weighted by molar-refractivity contribution is -0.123. The largest absolute Gasteiger partial charge is 0.352 e. The molecule has 1 amide bonds. The minimum atomic E-state index is -3.06. The van der Waals surface area contributed by atoms with E-state index in [9.17, 15) is 13.2 Å². The smallest absolute Gasteiger partial charge is 0.237 e. The highest BCUT2D eigenvalue weighted by Crippen LogP contribution is 2.49. The molecule has 0 heterocycles. The van der Waals surface area contributed by atoms with Crippen molar-refractivity contribution in [3.05, 3.63) is 0 Å². The molecule has 2 aliphatic carbocycles. The van der Waals surface area contributed by atoms with Crippen LogP contribution in [0.4, 0.5) is 0 Å². The van der Waals surface area contributed by atoms with E-state index in [1.54, 1.807) is 0 Å². The van der Waals surface area contributed by atoms with Crippen LogP contribution in [0, 0.1) is 17.8 Å². The molecule has 5 atom stereocenters. The Labute approximate surface area is 121 Å². The van der Waals surface area contributed by atoms with Crippen molar-refractivity contribution in [1.29, 1.82) is 0 Å². The summed E-state index contributed by atoms with van der Waals surface area (Å²) >= 11 is 0. The first kappa shape index (κ1) is 15.8. The summed E-state index contributed by atoms with van der Waals surface area (Å²) in [5, 5.41) is 2.98. The zero-order valence-electron chi connectivity index (χ0n) is 12.3. The van der Waals surface area contributed by atoms with Gasteiger partial charge in [-0.05, 0) is 50.4 Å². The van der Waals surface area contributed by atoms with E-state index in [4.69, 9.17) is 5.73 Å². The number of nitrogens with one attached hydrogen (secondary N) is 1. The van der Waals surface area contributed by atoms with Gasteiger partial charge in [0.05, 0.1) is 11.8 Å². The molecule has 2 aliphatic rings. The molecular weight excluding hydrogens is 276 g/mol. The van der Waals surface area contributed by atoms with E-state index in [0.29, 0.717) is 5.92 Å². The monoisotopic (exact) mass is 302 g/mol. The van der Waals surface area contributed by atoms with Crippen molar-refractivity contribution in [2.24, 2.45) is 23.5 Å². The zero-order chi connectivity index (χ0) is 14.9. The Morgan fingerprint density at radius 1 is 1.35 bits per heavy atom. The van der Waals surface area contributed by atoms with Gasteiger partial charge in [-0.2, -0.15) is 0 Å². The number of fused-ring (bicyclic) bond motifs is 2. The molecule has 5 nitrogen and oxygen atoms in total. The van der Waals surface area contributed by atoms with Gasteiger partial charge in [-0.1, -0.05) is 6.42 Å². The summed E-state index contributed by atoms with van der Waals surface area (Å²) in [6.45, 7) is 2.05. The number of amides is 1. The summed E-state index contributed by atoms with van der Waals surface area (Å²) in [7, 11) is -3.06. The number of sulfone groups is 1. The van der Waals surface area contributed by atoms with Gasteiger partial charge >= 0.3 is 0 Å². The van der Waals surface area contributed by atoms with E-state index in [2.05, 4.69) is 5.32 Å². The summed E-state index contributed by atoms with van der Waals surface area (Å²) < 4.78 is 22.2. The van der Waals surface area contributed by atoms with Crippen molar-refractivity contribution in [1.82, 2.24) is 5.32 Å². The molecule has 0 aromatic carbocycles. The third kappa shape index (κ3) is 3.95. The van der Waals surface area contributed by atoms with Crippen LogP contribution < -0.4 is 11.1 Å². The first-order chi connectivity index (χ1) is 9.26. The maximum absolute atomic E-state index is 12.0. The number of rotatable bonds is 6. The van der Waals surface area contributed by atoms with Gasteiger partial charge in [0.1, 0.15) is 9.84 Å². The van der Waals surface area contributed by atoms with Crippen LogP contribution in [0.25, 0.3) is 0 Å². The van der Waals surface area contributed by atoms with Crippen molar-refractivity contribution in [3.8, 4) is 0 Å². The number of nitrogens with two attached hydrogens (primary N) is 1. The predicted molar refractivity (Wildman–Crippen MR) is 78.8 cm³/mol. The van der Waals surface area contributed by atoms with E-state index < -0.39 is 15.9 Å². The standard InChI is InChI=1S/C14H26N2O3S/c1-9(12-8-10-3-4-11(12)7-10)16-14(17)13(15)5-6-20(2,18)19/h9-13H,3-8,15H2,1-2H3,(H,16,17). The predicted octanol–water partition coefficient (Wildman–Crippen LogP) is 0.689. The molecular formula is C14H26N2O3S. The Hall–Kier alpha value is -0.620. The average molecular weight is 302 g/mol. The highest BCUT2D eigenvalue weighted by molar-refractivity contribution is 7.90. The fraction of sp³-hybridized carbons (Fsp3) is 0.929. The molecule has 0 aliphatic heterocycles. The van der Waals surface area contributed by atoms with Crippen LogP contribution in [0.3, 0.4) is 0 Å². The molecule has 0 aromatic heterocycles. The minimum Gasteiger partial charge on any atom is -0.352 e. The minimum absolute atomic E-state index is 0.0376. The van der Waals surface area contributed by atoms with Gasteiger partial charge in [0.25, 0.3) is 0 Å². The quantitative estimate of drug-likeness (QED) is 0.755. The molecule has 6 heteroatoms. The number of hydrogen-bond donors (Lipinski definition) is 2. The fourth-order valence-corrected chi connectivity index (χ4v) is 4.50. The highest BCUT2D eigenvalue weighted by atomic mass is 32.2. The van der Waals surface area contributed by atoms with Gasteiger partial charge in [-0.15, -0.1) is 0 Å². The second kappa shape index (κ2) is 6.02. The summed E-state index contributed by atoms with van der Waals surface area (Å²) in [5.74, 6) is 1.92. The van der Waals surface area contributed by atoms with E-state index in [0.717, 1.165) is 18.1 Å². The van der Waals surface area contributed by atoms with E-state index >= 15 is 0 Å². The van der Waals surface area contributed by atoms with Gasteiger partial charge in [0.2, 0.25) is 5.91 Å². The zero-order valence-corrected chi connectivity index (χ0v) is 13.2. The van der Waals surface area contributed by atoms with Crippen molar-refractivity contribution < 1.29 is 13.2 Å².